The third-order valence-corrected chi connectivity index (χ3v) is 5.46. The third-order valence-electron chi connectivity index (χ3n) is 3.06. The Morgan fingerprint density at radius 3 is 2.22 bits per heavy atom. The normalized spacial score (nSPS) is 11.5. The number of sulfonamides is 1. The number of nitrogens with one attached hydrogen (secondary N) is 1. The molecule has 1 amide bonds. The van der Waals surface area contributed by atoms with Gasteiger partial charge in [0.15, 0.2) is 0 Å². The van der Waals surface area contributed by atoms with Crippen molar-refractivity contribution in [3.63, 3.8) is 0 Å². The molecule has 1 N–H and O–H groups in total. The van der Waals surface area contributed by atoms with Crippen molar-refractivity contribution in [2.45, 2.75) is 4.90 Å². The van der Waals surface area contributed by atoms with Crippen molar-refractivity contribution < 1.29 is 13.2 Å². The first-order valence-corrected chi connectivity index (χ1v) is 8.70. The number of carbonyl (C=O) groups excluding carboxylic acids is 1. The summed E-state index contributed by atoms with van der Waals surface area (Å²) in [4.78, 5) is 12.3. The summed E-state index contributed by atoms with van der Waals surface area (Å²) in [5.74, 6) is -0.430. The zero-order valence-electron chi connectivity index (χ0n) is 12.4. The van der Waals surface area contributed by atoms with E-state index in [2.05, 4.69) is 5.32 Å². The van der Waals surface area contributed by atoms with E-state index >= 15 is 0 Å². The van der Waals surface area contributed by atoms with Gasteiger partial charge in [0, 0.05) is 24.8 Å². The largest absolute Gasteiger partial charge is 0.322 e. The van der Waals surface area contributed by atoms with E-state index in [-0.39, 0.29) is 15.5 Å². The number of nitrogens with zero attached hydrogens (tertiary/aromatic N) is 1. The van der Waals surface area contributed by atoms with Crippen molar-refractivity contribution in [3.8, 4) is 0 Å². The van der Waals surface area contributed by atoms with E-state index in [0.717, 1.165) is 4.31 Å². The Bertz CT molecular complexity index is 834. The van der Waals surface area contributed by atoms with Gasteiger partial charge in [-0.3, -0.25) is 4.79 Å². The number of rotatable bonds is 4. The van der Waals surface area contributed by atoms with E-state index in [1.165, 1.54) is 50.5 Å². The van der Waals surface area contributed by atoms with E-state index in [4.69, 9.17) is 23.2 Å². The van der Waals surface area contributed by atoms with E-state index in [9.17, 15) is 13.2 Å². The maximum Gasteiger partial charge on any atom is 0.257 e. The Labute approximate surface area is 144 Å². The molecule has 0 aliphatic rings. The lowest BCUT2D eigenvalue weighted by atomic mass is 10.2. The number of hydrogen-bond donors (Lipinski definition) is 1. The fourth-order valence-corrected chi connectivity index (χ4v) is 3.07. The highest BCUT2D eigenvalue weighted by molar-refractivity contribution is 7.89. The van der Waals surface area contributed by atoms with E-state index in [0.29, 0.717) is 10.7 Å². The van der Waals surface area contributed by atoms with Crippen LogP contribution in [-0.4, -0.2) is 32.7 Å². The molecular formula is C15H14Cl2N2O3S. The predicted molar refractivity (Wildman–Crippen MR) is 91.7 cm³/mol. The first-order valence-electron chi connectivity index (χ1n) is 6.51. The fraction of sp³-hybridized carbons (Fsp3) is 0.133. The van der Waals surface area contributed by atoms with E-state index in [1.54, 1.807) is 6.07 Å². The van der Waals surface area contributed by atoms with Crippen molar-refractivity contribution in [3.05, 3.63) is 58.1 Å². The Balaban J connectivity index is 2.21. The number of halogens is 2. The van der Waals surface area contributed by atoms with Gasteiger partial charge in [0.05, 0.1) is 15.5 Å². The molecule has 0 atom stereocenters. The second-order valence-corrected chi connectivity index (χ2v) is 7.89. The van der Waals surface area contributed by atoms with Crippen LogP contribution in [0.15, 0.2) is 47.4 Å². The van der Waals surface area contributed by atoms with Crippen LogP contribution in [0.2, 0.25) is 10.0 Å². The monoisotopic (exact) mass is 372 g/mol. The molecule has 0 bridgehead atoms. The highest BCUT2D eigenvalue weighted by Crippen LogP contribution is 2.22. The zero-order chi connectivity index (χ0) is 17.2. The zero-order valence-corrected chi connectivity index (χ0v) is 14.7. The first-order chi connectivity index (χ1) is 10.7. The summed E-state index contributed by atoms with van der Waals surface area (Å²) >= 11 is 11.8. The molecule has 0 aliphatic heterocycles. The number of hydrogen-bond acceptors (Lipinski definition) is 3. The molecule has 0 spiro atoms. The van der Waals surface area contributed by atoms with Gasteiger partial charge >= 0.3 is 0 Å². The minimum atomic E-state index is -3.50. The summed E-state index contributed by atoms with van der Waals surface area (Å²) in [6.07, 6.45) is 0. The minimum absolute atomic E-state index is 0.140. The highest BCUT2D eigenvalue weighted by atomic mass is 35.5. The van der Waals surface area contributed by atoms with Crippen molar-refractivity contribution in [2.24, 2.45) is 0 Å². The minimum Gasteiger partial charge on any atom is -0.322 e. The molecule has 0 heterocycles. The smallest absolute Gasteiger partial charge is 0.257 e. The second kappa shape index (κ2) is 6.88. The van der Waals surface area contributed by atoms with Crippen molar-refractivity contribution in [2.75, 3.05) is 19.4 Å². The summed E-state index contributed by atoms with van der Waals surface area (Å²) in [6.45, 7) is 0. The quantitative estimate of drug-likeness (QED) is 0.892. The van der Waals surface area contributed by atoms with Gasteiger partial charge in [0.25, 0.3) is 5.91 Å². The molecule has 2 rings (SSSR count). The van der Waals surface area contributed by atoms with Gasteiger partial charge in [-0.2, -0.15) is 0 Å². The van der Waals surface area contributed by atoms with Crippen molar-refractivity contribution in [1.82, 2.24) is 4.31 Å². The number of benzene rings is 2. The molecular weight excluding hydrogens is 359 g/mol. The van der Waals surface area contributed by atoms with Gasteiger partial charge in [0.1, 0.15) is 0 Å². The summed E-state index contributed by atoms with van der Waals surface area (Å²) in [5, 5.41) is 3.32. The molecule has 0 radical (unpaired) electrons. The second-order valence-electron chi connectivity index (χ2n) is 4.89. The molecule has 2 aromatic carbocycles. The van der Waals surface area contributed by atoms with Crippen LogP contribution in [0.25, 0.3) is 0 Å². The molecule has 8 heteroatoms. The van der Waals surface area contributed by atoms with Gasteiger partial charge in [-0.25, -0.2) is 12.7 Å². The van der Waals surface area contributed by atoms with Crippen molar-refractivity contribution >= 4 is 44.8 Å². The maximum absolute atomic E-state index is 12.2. The Morgan fingerprint density at radius 2 is 1.65 bits per heavy atom. The fourth-order valence-electron chi connectivity index (χ4n) is 1.79. The molecule has 0 aliphatic carbocycles. The summed E-state index contributed by atoms with van der Waals surface area (Å²) in [7, 11) is -0.603. The van der Waals surface area contributed by atoms with Gasteiger partial charge in [-0.15, -0.1) is 0 Å². The molecule has 0 aromatic heterocycles. The Hall–Kier alpha value is -1.60. The summed E-state index contributed by atoms with van der Waals surface area (Å²) in [6, 6.07) is 10.4. The number of amides is 1. The van der Waals surface area contributed by atoms with Gasteiger partial charge < -0.3 is 5.32 Å². The van der Waals surface area contributed by atoms with Crippen LogP contribution in [0.3, 0.4) is 0 Å². The van der Waals surface area contributed by atoms with E-state index in [1.807, 2.05) is 0 Å². The van der Waals surface area contributed by atoms with Gasteiger partial charge in [-0.1, -0.05) is 23.2 Å². The van der Waals surface area contributed by atoms with Crippen molar-refractivity contribution in [1.29, 1.82) is 0 Å². The van der Waals surface area contributed by atoms with E-state index < -0.39 is 15.9 Å². The van der Waals surface area contributed by atoms with Crippen LogP contribution in [0.4, 0.5) is 5.69 Å². The van der Waals surface area contributed by atoms with Crippen LogP contribution < -0.4 is 5.32 Å². The van der Waals surface area contributed by atoms with Crippen LogP contribution >= 0.6 is 23.2 Å². The number of carbonyl (C=O) groups is 1. The molecule has 0 unspecified atom stereocenters. The Morgan fingerprint density at radius 1 is 1.04 bits per heavy atom. The number of anilines is 1. The summed E-state index contributed by atoms with van der Waals surface area (Å²) in [5.41, 5.74) is 0.688. The predicted octanol–water partition coefficient (Wildman–Crippen LogP) is 3.50. The lowest BCUT2D eigenvalue weighted by Gasteiger charge is -2.12. The molecule has 122 valence electrons. The summed E-state index contributed by atoms with van der Waals surface area (Å²) < 4.78 is 25.1. The lowest BCUT2D eigenvalue weighted by Crippen LogP contribution is -2.22. The van der Waals surface area contributed by atoms with Crippen LogP contribution in [0.1, 0.15) is 10.4 Å². The first kappa shape index (κ1) is 17.7. The molecule has 0 saturated heterocycles. The molecule has 0 saturated carbocycles. The highest BCUT2D eigenvalue weighted by Gasteiger charge is 2.17. The lowest BCUT2D eigenvalue weighted by molar-refractivity contribution is 0.102. The SMILES string of the molecule is CN(C)S(=O)(=O)c1ccc(NC(=O)c2cc(Cl)ccc2Cl)cc1. The average Bonchev–Trinajstić information content (AvgIpc) is 2.50. The molecule has 0 fully saturated rings. The molecule has 5 nitrogen and oxygen atoms in total. The van der Waals surface area contributed by atoms with Crippen LogP contribution in [-0.2, 0) is 10.0 Å². The topological polar surface area (TPSA) is 66.5 Å². The average molecular weight is 373 g/mol. The standard InChI is InChI=1S/C15H14Cl2N2O3S/c1-19(2)23(21,22)12-6-4-11(5-7-12)18-15(20)13-9-10(16)3-8-14(13)17/h3-9H,1-2H3,(H,18,20). The molecule has 23 heavy (non-hydrogen) atoms. The Kier molecular flexibility index (Phi) is 5.31. The molecule has 2 aromatic rings. The van der Waals surface area contributed by atoms with Gasteiger partial charge in [0.2, 0.25) is 10.0 Å². The van der Waals surface area contributed by atoms with Gasteiger partial charge in [-0.05, 0) is 42.5 Å². The van der Waals surface area contributed by atoms with Crippen LogP contribution in [0, 0.1) is 0 Å². The maximum atomic E-state index is 12.2. The third kappa shape index (κ3) is 4.03. The van der Waals surface area contributed by atoms with Crippen LogP contribution in [0.5, 0.6) is 0 Å².